The molecule has 0 bridgehead atoms. The molecule has 1 atom stereocenters. The predicted octanol–water partition coefficient (Wildman–Crippen LogP) is 1.98. The lowest BCUT2D eigenvalue weighted by atomic mass is 10.1. The molecule has 0 aromatic heterocycles. The number of nitrogens with zero attached hydrogens (tertiary/aromatic N) is 1. The molecule has 27 heavy (non-hydrogen) atoms. The molecule has 1 unspecified atom stereocenters. The van der Waals surface area contributed by atoms with Crippen LogP contribution in [-0.4, -0.2) is 54.0 Å². The number of nitrogens with two attached hydrogens (primary N) is 1. The molecule has 0 aliphatic carbocycles. The first kappa shape index (κ1) is 23.5. The topological polar surface area (TPSA) is 130 Å². The third-order valence-electron chi connectivity index (χ3n) is 4.40. The van der Waals surface area contributed by atoms with E-state index >= 15 is 0 Å². The molecule has 154 valence electrons. The van der Waals surface area contributed by atoms with Crippen molar-refractivity contribution in [1.29, 1.82) is 0 Å². The van der Waals surface area contributed by atoms with Crippen molar-refractivity contribution in [3.05, 3.63) is 35.9 Å². The lowest BCUT2D eigenvalue weighted by Crippen LogP contribution is -2.48. The molecule has 0 radical (unpaired) electrons. The molecule has 0 saturated carbocycles. The maximum Gasteiger partial charge on any atom is 0.322 e. The number of ether oxygens (including phenoxy) is 1. The lowest BCUT2D eigenvalue weighted by molar-refractivity contribution is -0.142. The fraction of sp³-hybridized carbons (Fsp3) is 0.611. The van der Waals surface area contributed by atoms with Crippen LogP contribution in [0.2, 0.25) is 0 Å². The highest BCUT2D eigenvalue weighted by atomic mass is 32.2. The zero-order chi connectivity index (χ0) is 20.1. The summed E-state index contributed by atoms with van der Waals surface area (Å²) in [6, 6.07) is 9.01. The Bertz CT molecular complexity index is 639. The zero-order valence-corrected chi connectivity index (χ0v) is 16.3. The molecule has 1 aromatic rings. The first-order valence-corrected chi connectivity index (χ1v) is 10.7. The lowest BCUT2D eigenvalue weighted by Gasteiger charge is -2.31. The van der Waals surface area contributed by atoms with E-state index < -0.39 is 22.0 Å². The van der Waals surface area contributed by atoms with E-state index in [9.17, 15) is 18.3 Å². The van der Waals surface area contributed by atoms with Crippen LogP contribution in [0, 0.1) is 0 Å². The van der Waals surface area contributed by atoms with E-state index in [1.54, 1.807) is 0 Å². The fourth-order valence-electron chi connectivity index (χ4n) is 3.03. The van der Waals surface area contributed by atoms with Crippen LogP contribution in [-0.2, 0) is 26.2 Å². The smallest absolute Gasteiger partial charge is 0.322 e. The normalized spacial score (nSPS) is 17.8. The van der Waals surface area contributed by atoms with Crippen LogP contribution in [0.25, 0.3) is 0 Å². The van der Waals surface area contributed by atoms with Gasteiger partial charge in [0.05, 0.1) is 12.4 Å². The zero-order valence-electron chi connectivity index (χ0n) is 15.5. The van der Waals surface area contributed by atoms with E-state index in [2.05, 4.69) is 5.90 Å². The molecule has 2 rings (SSSR count). The molecule has 1 saturated heterocycles. The monoisotopic (exact) mass is 402 g/mol. The maximum absolute atomic E-state index is 12.4. The van der Waals surface area contributed by atoms with Crippen LogP contribution in [0.1, 0.15) is 44.1 Å². The quantitative estimate of drug-likeness (QED) is 0.403. The molecular weight excluding hydrogens is 372 g/mol. The Hall–Kier alpha value is -1.52. The number of carboxylic acids is 1. The van der Waals surface area contributed by atoms with Gasteiger partial charge in [-0.15, -0.1) is 0 Å². The number of aliphatic carboxylic acids is 1. The highest BCUT2D eigenvalue weighted by molar-refractivity contribution is 7.89. The highest BCUT2D eigenvalue weighted by Gasteiger charge is 2.36. The van der Waals surface area contributed by atoms with Crippen LogP contribution in [0.15, 0.2) is 30.3 Å². The molecule has 0 spiro atoms. The number of carbonyl (C=O) groups is 1. The minimum Gasteiger partial charge on any atom is -0.480 e. The van der Waals surface area contributed by atoms with Crippen LogP contribution < -0.4 is 5.90 Å². The van der Waals surface area contributed by atoms with Crippen LogP contribution >= 0.6 is 0 Å². The second kappa shape index (κ2) is 12.8. The van der Waals surface area contributed by atoms with E-state index in [0.29, 0.717) is 32.6 Å². The number of sulfonamides is 1. The Morgan fingerprint density at radius 3 is 2.52 bits per heavy atom. The van der Waals surface area contributed by atoms with Crippen LogP contribution in [0.4, 0.5) is 0 Å². The standard InChI is InChI=1S/C18H27NO5S.H3NO/c20-18(21)17-11-5-6-12-19(17)25(22,23)14-8-2-7-13-24-15-16-9-3-1-4-10-16;1-2/h1,3-4,9-10,17H,2,5-8,11-15H2,(H,20,21);2H,1H2. The Kier molecular flexibility index (Phi) is 11.1. The number of piperidine rings is 1. The molecule has 9 heteroatoms. The van der Waals surface area contributed by atoms with Crippen LogP contribution in [0.3, 0.4) is 0 Å². The predicted molar refractivity (Wildman–Crippen MR) is 102 cm³/mol. The van der Waals surface area contributed by atoms with Crippen molar-refractivity contribution < 1.29 is 28.3 Å². The van der Waals surface area contributed by atoms with Gasteiger partial charge in [-0.1, -0.05) is 36.8 Å². The first-order chi connectivity index (χ1) is 13.0. The van der Waals surface area contributed by atoms with Crippen molar-refractivity contribution in [3.63, 3.8) is 0 Å². The van der Waals surface area contributed by atoms with Crippen molar-refractivity contribution in [3.8, 4) is 0 Å². The van der Waals surface area contributed by atoms with Gasteiger partial charge in [0.2, 0.25) is 10.0 Å². The van der Waals surface area contributed by atoms with Crippen molar-refractivity contribution in [1.82, 2.24) is 4.31 Å². The fourth-order valence-corrected chi connectivity index (χ4v) is 4.83. The van der Waals surface area contributed by atoms with Gasteiger partial charge in [-0.25, -0.2) is 14.3 Å². The van der Waals surface area contributed by atoms with Gasteiger partial charge in [0.25, 0.3) is 0 Å². The number of hydrogen-bond acceptors (Lipinski definition) is 6. The van der Waals surface area contributed by atoms with Gasteiger partial charge in [-0.05, 0) is 37.7 Å². The number of rotatable bonds is 10. The van der Waals surface area contributed by atoms with Gasteiger partial charge < -0.3 is 15.1 Å². The maximum atomic E-state index is 12.4. The second-order valence-corrected chi connectivity index (χ2v) is 8.42. The summed E-state index contributed by atoms with van der Waals surface area (Å²) < 4.78 is 31.6. The summed E-state index contributed by atoms with van der Waals surface area (Å²) in [5.74, 6) is 2.47. The average molecular weight is 403 g/mol. The SMILES string of the molecule is NO.O=C(O)C1CCCCN1S(=O)(=O)CCCCCOCc1ccccc1. The highest BCUT2D eigenvalue weighted by Crippen LogP contribution is 2.21. The van der Waals surface area contributed by atoms with Gasteiger partial charge in [0, 0.05) is 13.2 Å². The molecule has 1 fully saturated rings. The number of hydrogen-bond donors (Lipinski definition) is 3. The van der Waals surface area contributed by atoms with Crippen molar-refractivity contribution >= 4 is 16.0 Å². The molecule has 8 nitrogen and oxygen atoms in total. The summed E-state index contributed by atoms with van der Waals surface area (Å²) in [5, 5.41) is 15.7. The van der Waals surface area contributed by atoms with Gasteiger partial charge in [-0.2, -0.15) is 4.31 Å². The minimum atomic E-state index is -3.50. The number of benzene rings is 1. The molecule has 1 heterocycles. The summed E-state index contributed by atoms with van der Waals surface area (Å²) >= 11 is 0. The average Bonchev–Trinajstić information content (AvgIpc) is 2.69. The largest absolute Gasteiger partial charge is 0.480 e. The van der Waals surface area contributed by atoms with E-state index in [0.717, 1.165) is 31.2 Å². The second-order valence-electron chi connectivity index (χ2n) is 6.38. The molecule has 1 aliphatic heterocycles. The summed E-state index contributed by atoms with van der Waals surface area (Å²) in [6.45, 7) is 1.48. The van der Waals surface area contributed by atoms with E-state index in [-0.39, 0.29) is 5.75 Å². The van der Waals surface area contributed by atoms with Gasteiger partial charge >= 0.3 is 5.97 Å². The third kappa shape index (κ3) is 8.35. The molecule has 0 amide bonds. The van der Waals surface area contributed by atoms with E-state index in [1.165, 1.54) is 4.31 Å². The summed E-state index contributed by atoms with van der Waals surface area (Å²) in [7, 11) is -3.50. The first-order valence-electron chi connectivity index (χ1n) is 9.10. The van der Waals surface area contributed by atoms with Gasteiger partial charge in [-0.3, -0.25) is 4.79 Å². The number of carboxylic acid groups (broad SMARTS) is 1. The molecule has 1 aromatic carbocycles. The number of unbranched alkanes of at least 4 members (excludes halogenated alkanes) is 2. The van der Waals surface area contributed by atoms with Gasteiger partial charge in [0.15, 0.2) is 0 Å². The molecular formula is C18H30N2O6S. The van der Waals surface area contributed by atoms with Crippen LogP contribution in [0.5, 0.6) is 0 Å². The Morgan fingerprint density at radius 2 is 1.85 bits per heavy atom. The summed E-state index contributed by atoms with van der Waals surface area (Å²) in [4.78, 5) is 11.3. The van der Waals surface area contributed by atoms with Gasteiger partial charge in [0.1, 0.15) is 6.04 Å². The van der Waals surface area contributed by atoms with Crippen molar-refractivity contribution in [2.45, 2.75) is 51.2 Å². The van der Waals surface area contributed by atoms with Crippen molar-refractivity contribution in [2.75, 3.05) is 18.9 Å². The van der Waals surface area contributed by atoms with E-state index in [4.69, 9.17) is 9.94 Å². The minimum absolute atomic E-state index is 0.00939. The molecule has 1 aliphatic rings. The Morgan fingerprint density at radius 1 is 1.15 bits per heavy atom. The summed E-state index contributed by atoms with van der Waals surface area (Å²) in [6.07, 6.45) is 3.98. The van der Waals surface area contributed by atoms with E-state index in [1.807, 2.05) is 30.3 Å². The third-order valence-corrected chi connectivity index (χ3v) is 6.35. The summed E-state index contributed by atoms with van der Waals surface area (Å²) in [5.41, 5.74) is 1.12. The van der Waals surface area contributed by atoms with Crippen molar-refractivity contribution in [2.24, 2.45) is 5.90 Å². The Balaban J connectivity index is 0.00000176. The molecule has 4 N–H and O–H groups in total. The Labute approximate surface area is 160 Å².